The molecule has 0 heterocycles. The van der Waals surface area contributed by atoms with Crippen LogP contribution in [0.3, 0.4) is 0 Å². The normalized spacial score (nSPS) is 10.8. The highest BCUT2D eigenvalue weighted by Gasteiger charge is 2.12. The Labute approximate surface area is 116 Å². The maximum absolute atomic E-state index is 11.2. The SMILES string of the molecule is N#Cc1cccc(Nc2ccc(S(N)(=O)=O)c(N)c2)c1. The van der Waals surface area contributed by atoms with Gasteiger partial charge in [-0.25, -0.2) is 13.6 Å². The number of nitrogens with two attached hydrogens (primary N) is 2. The number of nitriles is 1. The molecule has 0 radical (unpaired) electrons. The van der Waals surface area contributed by atoms with E-state index in [4.69, 9.17) is 16.1 Å². The average Bonchev–Trinajstić information content (AvgIpc) is 2.37. The highest BCUT2D eigenvalue weighted by atomic mass is 32.2. The Morgan fingerprint density at radius 3 is 2.40 bits per heavy atom. The molecular formula is C13H12N4O2S. The summed E-state index contributed by atoms with van der Waals surface area (Å²) in [5.74, 6) is 0. The van der Waals surface area contributed by atoms with Gasteiger partial charge in [0.05, 0.1) is 17.3 Å². The minimum atomic E-state index is -3.83. The third kappa shape index (κ3) is 3.06. The summed E-state index contributed by atoms with van der Waals surface area (Å²) in [6.45, 7) is 0. The molecule has 6 nitrogen and oxygen atoms in total. The first-order valence-corrected chi connectivity index (χ1v) is 7.14. The average molecular weight is 288 g/mol. The van der Waals surface area contributed by atoms with Crippen LogP contribution in [-0.2, 0) is 10.0 Å². The van der Waals surface area contributed by atoms with Gasteiger partial charge in [-0.05, 0) is 36.4 Å². The fourth-order valence-electron chi connectivity index (χ4n) is 1.72. The van der Waals surface area contributed by atoms with Crippen molar-refractivity contribution in [2.75, 3.05) is 11.1 Å². The summed E-state index contributed by atoms with van der Waals surface area (Å²) in [7, 11) is -3.83. The van der Waals surface area contributed by atoms with Gasteiger partial charge in [0, 0.05) is 11.4 Å². The molecule has 2 aromatic rings. The third-order valence-electron chi connectivity index (χ3n) is 2.60. The molecule has 0 spiro atoms. The molecule has 5 N–H and O–H groups in total. The minimum Gasteiger partial charge on any atom is -0.398 e. The lowest BCUT2D eigenvalue weighted by molar-refractivity contribution is 0.598. The fourth-order valence-corrected chi connectivity index (χ4v) is 2.36. The van der Waals surface area contributed by atoms with Crippen LogP contribution in [0, 0.1) is 11.3 Å². The first-order valence-electron chi connectivity index (χ1n) is 5.59. The van der Waals surface area contributed by atoms with Gasteiger partial charge in [0.1, 0.15) is 4.90 Å². The predicted octanol–water partition coefficient (Wildman–Crippen LogP) is 1.53. The van der Waals surface area contributed by atoms with Gasteiger partial charge in [-0.15, -0.1) is 0 Å². The van der Waals surface area contributed by atoms with E-state index in [1.54, 1.807) is 30.3 Å². The first-order chi connectivity index (χ1) is 9.40. The summed E-state index contributed by atoms with van der Waals surface area (Å²) in [5.41, 5.74) is 7.55. The summed E-state index contributed by atoms with van der Waals surface area (Å²) >= 11 is 0. The lowest BCUT2D eigenvalue weighted by Crippen LogP contribution is -2.14. The molecule has 20 heavy (non-hydrogen) atoms. The van der Waals surface area contributed by atoms with E-state index >= 15 is 0 Å². The van der Waals surface area contributed by atoms with Gasteiger partial charge in [0.25, 0.3) is 0 Å². The van der Waals surface area contributed by atoms with Gasteiger partial charge in [0.2, 0.25) is 10.0 Å². The quantitative estimate of drug-likeness (QED) is 0.739. The number of nitrogens with one attached hydrogen (secondary N) is 1. The van der Waals surface area contributed by atoms with E-state index in [1.807, 2.05) is 6.07 Å². The lowest BCUT2D eigenvalue weighted by Gasteiger charge is -2.09. The van der Waals surface area contributed by atoms with Crippen molar-refractivity contribution in [1.29, 1.82) is 5.26 Å². The monoisotopic (exact) mass is 288 g/mol. The maximum atomic E-state index is 11.2. The van der Waals surface area contributed by atoms with Gasteiger partial charge in [0.15, 0.2) is 0 Å². The molecule has 2 rings (SSSR count). The zero-order chi connectivity index (χ0) is 14.8. The second-order valence-corrected chi connectivity index (χ2v) is 5.65. The lowest BCUT2D eigenvalue weighted by atomic mass is 10.2. The van der Waals surface area contributed by atoms with Crippen LogP contribution in [0.15, 0.2) is 47.4 Å². The number of anilines is 3. The molecule has 0 saturated heterocycles. The number of benzene rings is 2. The molecule has 0 atom stereocenters. The number of nitrogens with zero attached hydrogens (tertiary/aromatic N) is 1. The van der Waals surface area contributed by atoms with Crippen molar-refractivity contribution in [3.8, 4) is 6.07 Å². The maximum Gasteiger partial charge on any atom is 0.240 e. The van der Waals surface area contributed by atoms with Crippen LogP contribution in [0.2, 0.25) is 0 Å². The number of hydrogen-bond donors (Lipinski definition) is 3. The summed E-state index contributed by atoms with van der Waals surface area (Å²) in [6, 6.07) is 13.3. The molecule has 0 amide bonds. The minimum absolute atomic E-state index is 0.0638. The Bertz CT molecular complexity index is 794. The Morgan fingerprint density at radius 2 is 1.80 bits per heavy atom. The van der Waals surface area contributed by atoms with Gasteiger partial charge in [-0.2, -0.15) is 5.26 Å². The smallest absolute Gasteiger partial charge is 0.240 e. The summed E-state index contributed by atoms with van der Waals surface area (Å²) < 4.78 is 22.5. The second kappa shape index (κ2) is 5.21. The summed E-state index contributed by atoms with van der Waals surface area (Å²) in [6.07, 6.45) is 0. The van der Waals surface area contributed by atoms with Crippen LogP contribution in [0.1, 0.15) is 5.56 Å². The van der Waals surface area contributed by atoms with Crippen molar-refractivity contribution in [2.45, 2.75) is 4.90 Å². The third-order valence-corrected chi connectivity index (χ3v) is 3.58. The van der Waals surface area contributed by atoms with E-state index in [-0.39, 0.29) is 10.6 Å². The van der Waals surface area contributed by atoms with Crippen molar-refractivity contribution in [2.24, 2.45) is 5.14 Å². The molecule has 0 aromatic heterocycles. The van der Waals surface area contributed by atoms with Crippen LogP contribution in [0.5, 0.6) is 0 Å². The van der Waals surface area contributed by atoms with Gasteiger partial charge in [-0.3, -0.25) is 0 Å². The largest absolute Gasteiger partial charge is 0.398 e. The second-order valence-electron chi connectivity index (χ2n) is 4.12. The van der Waals surface area contributed by atoms with E-state index < -0.39 is 10.0 Å². The number of hydrogen-bond acceptors (Lipinski definition) is 5. The first kappa shape index (κ1) is 13.9. The summed E-state index contributed by atoms with van der Waals surface area (Å²) in [4.78, 5) is -0.117. The Kier molecular flexibility index (Phi) is 3.61. The molecule has 0 fully saturated rings. The van der Waals surface area contributed by atoms with Crippen LogP contribution < -0.4 is 16.2 Å². The molecule has 0 bridgehead atoms. The van der Waals surface area contributed by atoms with Crippen molar-refractivity contribution < 1.29 is 8.42 Å². The van der Waals surface area contributed by atoms with Crippen LogP contribution in [-0.4, -0.2) is 8.42 Å². The molecule has 102 valence electrons. The van der Waals surface area contributed by atoms with E-state index in [0.29, 0.717) is 16.9 Å². The molecule has 0 aliphatic rings. The van der Waals surface area contributed by atoms with E-state index in [0.717, 1.165) is 0 Å². The Balaban J connectivity index is 2.32. The molecule has 0 aliphatic heterocycles. The van der Waals surface area contributed by atoms with Crippen molar-refractivity contribution in [3.63, 3.8) is 0 Å². The van der Waals surface area contributed by atoms with Gasteiger partial charge in [-0.1, -0.05) is 6.07 Å². The molecule has 7 heteroatoms. The van der Waals surface area contributed by atoms with E-state index in [9.17, 15) is 8.42 Å². The van der Waals surface area contributed by atoms with Crippen molar-refractivity contribution in [1.82, 2.24) is 0 Å². The highest BCUT2D eigenvalue weighted by Crippen LogP contribution is 2.24. The summed E-state index contributed by atoms with van der Waals surface area (Å²) in [5, 5.41) is 16.9. The Hall–Kier alpha value is -2.56. The molecule has 0 unspecified atom stereocenters. The van der Waals surface area contributed by atoms with Crippen molar-refractivity contribution in [3.05, 3.63) is 48.0 Å². The van der Waals surface area contributed by atoms with Crippen LogP contribution in [0.4, 0.5) is 17.1 Å². The molecule has 2 aromatic carbocycles. The van der Waals surface area contributed by atoms with Gasteiger partial charge < -0.3 is 11.1 Å². The number of rotatable bonds is 3. The number of sulfonamides is 1. The van der Waals surface area contributed by atoms with E-state index in [2.05, 4.69) is 5.32 Å². The topological polar surface area (TPSA) is 122 Å². The standard InChI is InChI=1S/C13H12N4O2S/c14-8-9-2-1-3-10(6-9)17-11-4-5-13(12(15)7-11)20(16,18)19/h1-7,17H,15H2,(H2,16,18,19). The number of nitrogen functional groups attached to an aromatic ring is 1. The van der Waals surface area contributed by atoms with Crippen LogP contribution >= 0.6 is 0 Å². The molecular weight excluding hydrogens is 276 g/mol. The van der Waals surface area contributed by atoms with Gasteiger partial charge >= 0.3 is 0 Å². The predicted molar refractivity (Wildman–Crippen MR) is 76.7 cm³/mol. The molecule has 0 aliphatic carbocycles. The highest BCUT2D eigenvalue weighted by molar-refractivity contribution is 7.89. The Morgan fingerprint density at radius 1 is 1.10 bits per heavy atom. The van der Waals surface area contributed by atoms with Crippen LogP contribution in [0.25, 0.3) is 0 Å². The zero-order valence-electron chi connectivity index (χ0n) is 10.4. The van der Waals surface area contributed by atoms with E-state index in [1.165, 1.54) is 12.1 Å². The number of primary sulfonamides is 1. The fraction of sp³-hybridized carbons (Fsp3) is 0. The van der Waals surface area contributed by atoms with Crippen molar-refractivity contribution >= 4 is 27.1 Å². The zero-order valence-corrected chi connectivity index (χ0v) is 11.2. The molecule has 0 saturated carbocycles.